The summed E-state index contributed by atoms with van der Waals surface area (Å²) in [7, 11) is 0. The first-order valence-corrected chi connectivity index (χ1v) is 5.74. The van der Waals surface area contributed by atoms with Crippen molar-refractivity contribution in [2.24, 2.45) is 0 Å². The first-order chi connectivity index (χ1) is 7.96. The monoisotopic (exact) mass is 232 g/mol. The van der Waals surface area contributed by atoms with E-state index in [4.69, 9.17) is 14.7 Å². The molecule has 0 unspecified atom stereocenters. The molecule has 1 fully saturated rings. The fourth-order valence-corrected chi connectivity index (χ4v) is 1.35. The van der Waals surface area contributed by atoms with Gasteiger partial charge in [0.2, 0.25) is 5.88 Å². The first kappa shape index (κ1) is 11.7. The number of nitriles is 1. The number of aromatic nitrogens is 1. The molecule has 0 saturated heterocycles. The highest BCUT2D eigenvalue weighted by Crippen LogP contribution is 2.29. The average Bonchev–Trinajstić information content (AvgIpc) is 2.98. The van der Waals surface area contributed by atoms with Gasteiger partial charge in [0.05, 0.1) is 6.10 Å². The molecule has 0 aliphatic heterocycles. The zero-order chi connectivity index (χ0) is 12.5. The van der Waals surface area contributed by atoms with Gasteiger partial charge in [0.15, 0.2) is 0 Å². The lowest BCUT2D eigenvalue weighted by molar-refractivity contribution is 0.123. The van der Waals surface area contributed by atoms with Gasteiger partial charge < -0.3 is 9.47 Å². The number of hydrogen-bond donors (Lipinski definition) is 0. The fraction of sp³-hybridized carbons (Fsp3) is 0.538. The van der Waals surface area contributed by atoms with Crippen molar-refractivity contribution >= 4 is 0 Å². The second-order valence-electron chi connectivity index (χ2n) is 5.17. The van der Waals surface area contributed by atoms with Crippen LogP contribution in [0.5, 0.6) is 11.6 Å². The normalized spacial score (nSPS) is 15.2. The van der Waals surface area contributed by atoms with Crippen molar-refractivity contribution in [1.82, 2.24) is 4.98 Å². The minimum Gasteiger partial charge on any atom is -0.490 e. The van der Waals surface area contributed by atoms with Crippen LogP contribution in [0.3, 0.4) is 0 Å². The van der Waals surface area contributed by atoms with Crippen molar-refractivity contribution in [3.05, 3.63) is 17.8 Å². The van der Waals surface area contributed by atoms with Gasteiger partial charge >= 0.3 is 0 Å². The van der Waals surface area contributed by atoms with Gasteiger partial charge in [0, 0.05) is 12.1 Å². The molecule has 1 aromatic rings. The van der Waals surface area contributed by atoms with Gasteiger partial charge in [-0.15, -0.1) is 0 Å². The van der Waals surface area contributed by atoms with Crippen LogP contribution in [-0.4, -0.2) is 16.7 Å². The zero-order valence-electron chi connectivity index (χ0n) is 10.4. The minimum absolute atomic E-state index is 0.298. The Labute approximate surface area is 101 Å². The summed E-state index contributed by atoms with van der Waals surface area (Å²) in [6.45, 7) is 5.82. The summed E-state index contributed by atoms with van der Waals surface area (Å²) in [6, 6.07) is 5.40. The fourth-order valence-electron chi connectivity index (χ4n) is 1.35. The molecule has 1 aliphatic carbocycles. The van der Waals surface area contributed by atoms with Crippen molar-refractivity contribution in [2.75, 3.05) is 0 Å². The van der Waals surface area contributed by atoms with Crippen LogP contribution in [0.25, 0.3) is 0 Å². The Morgan fingerprint density at radius 1 is 1.35 bits per heavy atom. The second kappa shape index (κ2) is 4.25. The predicted octanol–water partition coefficient (Wildman–Crippen LogP) is 2.67. The van der Waals surface area contributed by atoms with E-state index in [1.54, 1.807) is 12.1 Å². The SMILES string of the molecule is CC(C)(C)Oc1cc(OC2CC2)cc(C#N)n1. The molecule has 2 rings (SSSR count). The van der Waals surface area contributed by atoms with Crippen LogP contribution in [0.1, 0.15) is 39.3 Å². The third-order valence-electron chi connectivity index (χ3n) is 2.13. The van der Waals surface area contributed by atoms with Gasteiger partial charge in [-0.3, -0.25) is 0 Å². The Bertz CT molecular complexity index is 453. The van der Waals surface area contributed by atoms with E-state index >= 15 is 0 Å². The molecule has 0 bridgehead atoms. The maximum Gasteiger partial charge on any atom is 0.218 e. The molecule has 1 aliphatic rings. The largest absolute Gasteiger partial charge is 0.490 e. The van der Waals surface area contributed by atoms with Gasteiger partial charge in [-0.2, -0.15) is 5.26 Å². The van der Waals surface area contributed by atoms with Gasteiger partial charge in [-0.1, -0.05) is 0 Å². The maximum absolute atomic E-state index is 8.91. The molecule has 17 heavy (non-hydrogen) atoms. The van der Waals surface area contributed by atoms with Crippen molar-refractivity contribution in [2.45, 2.75) is 45.3 Å². The topological polar surface area (TPSA) is 55.1 Å². The quantitative estimate of drug-likeness (QED) is 0.804. The van der Waals surface area contributed by atoms with Gasteiger partial charge in [-0.25, -0.2) is 4.98 Å². The summed E-state index contributed by atoms with van der Waals surface area (Å²) in [5, 5.41) is 8.91. The van der Waals surface area contributed by atoms with Crippen LogP contribution >= 0.6 is 0 Å². The summed E-state index contributed by atoms with van der Waals surface area (Å²) < 4.78 is 11.3. The highest BCUT2D eigenvalue weighted by atomic mass is 16.5. The second-order valence-corrected chi connectivity index (χ2v) is 5.17. The summed E-state index contributed by atoms with van der Waals surface area (Å²) >= 11 is 0. The van der Waals surface area contributed by atoms with Crippen molar-refractivity contribution in [3.8, 4) is 17.7 Å². The molecule has 0 aromatic carbocycles. The molecular formula is C13H16N2O2. The van der Waals surface area contributed by atoms with Crippen LogP contribution in [0, 0.1) is 11.3 Å². The molecule has 1 aromatic heterocycles. The molecule has 0 atom stereocenters. The van der Waals surface area contributed by atoms with Gasteiger partial charge in [0.25, 0.3) is 0 Å². The van der Waals surface area contributed by atoms with E-state index in [0.29, 0.717) is 23.4 Å². The Morgan fingerprint density at radius 2 is 2.06 bits per heavy atom. The van der Waals surface area contributed by atoms with Crippen molar-refractivity contribution in [1.29, 1.82) is 5.26 Å². The van der Waals surface area contributed by atoms with Crippen LogP contribution in [0.2, 0.25) is 0 Å². The Balaban J connectivity index is 2.22. The minimum atomic E-state index is -0.335. The zero-order valence-corrected chi connectivity index (χ0v) is 10.4. The molecule has 4 heteroatoms. The Morgan fingerprint density at radius 3 is 2.59 bits per heavy atom. The summed E-state index contributed by atoms with van der Waals surface area (Å²) in [4.78, 5) is 4.10. The molecule has 0 amide bonds. The van der Waals surface area contributed by atoms with E-state index in [9.17, 15) is 0 Å². The van der Waals surface area contributed by atoms with Crippen LogP contribution in [0.15, 0.2) is 12.1 Å². The van der Waals surface area contributed by atoms with E-state index in [2.05, 4.69) is 4.98 Å². The number of rotatable bonds is 3. The molecule has 90 valence electrons. The van der Waals surface area contributed by atoms with Crippen molar-refractivity contribution < 1.29 is 9.47 Å². The Hall–Kier alpha value is -1.76. The van der Waals surface area contributed by atoms with E-state index < -0.39 is 0 Å². The van der Waals surface area contributed by atoms with E-state index in [0.717, 1.165) is 12.8 Å². The van der Waals surface area contributed by atoms with Gasteiger partial charge in [-0.05, 0) is 33.6 Å². The molecule has 4 nitrogen and oxygen atoms in total. The van der Waals surface area contributed by atoms with E-state index in [1.807, 2.05) is 26.8 Å². The smallest absolute Gasteiger partial charge is 0.218 e. The standard InChI is InChI=1S/C13H16N2O2/c1-13(2,3)17-12-7-11(16-10-4-5-10)6-9(8-14)15-12/h6-7,10H,4-5H2,1-3H3. The maximum atomic E-state index is 8.91. The number of pyridine rings is 1. The molecule has 0 radical (unpaired) electrons. The number of nitrogens with zero attached hydrogens (tertiary/aromatic N) is 2. The van der Waals surface area contributed by atoms with Crippen LogP contribution < -0.4 is 9.47 Å². The lowest BCUT2D eigenvalue weighted by Crippen LogP contribution is -2.23. The van der Waals surface area contributed by atoms with E-state index in [1.165, 1.54) is 0 Å². The highest BCUT2D eigenvalue weighted by molar-refractivity contribution is 5.36. The third-order valence-corrected chi connectivity index (χ3v) is 2.13. The summed E-state index contributed by atoms with van der Waals surface area (Å²) in [5.74, 6) is 1.10. The lowest BCUT2D eigenvalue weighted by atomic mass is 10.2. The molecular weight excluding hydrogens is 216 g/mol. The summed E-state index contributed by atoms with van der Waals surface area (Å²) in [5.41, 5.74) is -0.0137. The van der Waals surface area contributed by atoms with Crippen LogP contribution in [-0.2, 0) is 0 Å². The van der Waals surface area contributed by atoms with E-state index in [-0.39, 0.29) is 5.60 Å². The van der Waals surface area contributed by atoms with Crippen molar-refractivity contribution in [3.63, 3.8) is 0 Å². The lowest BCUT2D eigenvalue weighted by Gasteiger charge is -2.20. The van der Waals surface area contributed by atoms with Gasteiger partial charge in [0.1, 0.15) is 23.1 Å². The Kier molecular flexibility index (Phi) is 2.93. The number of ether oxygens (including phenoxy) is 2. The van der Waals surface area contributed by atoms with Crippen LogP contribution in [0.4, 0.5) is 0 Å². The molecule has 0 spiro atoms. The molecule has 1 heterocycles. The average molecular weight is 232 g/mol. The number of hydrogen-bond acceptors (Lipinski definition) is 4. The third kappa shape index (κ3) is 3.63. The predicted molar refractivity (Wildman–Crippen MR) is 63.0 cm³/mol. The molecule has 0 N–H and O–H groups in total. The first-order valence-electron chi connectivity index (χ1n) is 5.74. The molecule has 1 saturated carbocycles. The highest BCUT2D eigenvalue weighted by Gasteiger charge is 2.24. The summed E-state index contributed by atoms with van der Waals surface area (Å²) in [6.07, 6.45) is 2.46.